The predicted octanol–water partition coefficient (Wildman–Crippen LogP) is 1.81. The molecule has 0 radical (unpaired) electrons. The van der Waals surface area contributed by atoms with E-state index in [1.807, 2.05) is 6.07 Å². The molecule has 0 bridgehead atoms. The van der Waals surface area contributed by atoms with Crippen molar-refractivity contribution in [2.45, 2.75) is 45.6 Å². The van der Waals surface area contributed by atoms with Crippen LogP contribution in [-0.2, 0) is 19.1 Å². The summed E-state index contributed by atoms with van der Waals surface area (Å²) in [6.07, 6.45) is 6.03. The van der Waals surface area contributed by atoms with E-state index in [9.17, 15) is 9.59 Å². The lowest BCUT2D eigenvalue weighted by Crippen LogP contribution is -2.17. The fourth-order valence-electron chi connectivity index (χ4n) is 1.30. The molecule has 0 aliphatic heterocycles. The molecule has 0 N–H and O–H groups in total. The fraction of sp³-hybridized carbons (Fsp3) is 0.643. The van der Waals surface area contributed by atoms with Crippen molar-refractivity contribution in [3.8, 4) is 18.4 Å². The second-order valence-electron chi connectivity index (χ2n) is 4.17. The van der Waals surface area contributed by atoms with E-state index < -0.39 is 6.10 Å². The molecule has 0 aliphatic rings. The Balaban J connectivity index is 3.76. The van der Waals surface area contributed by atoms with E-state index in [0.717, 1.165) is 0 Å². The van der Waals surface area contributed by atoms with Crippen molar-refractivity contribution in [3.05, 3.63) is 0 Å². The monoisotopic (exact) mass is 265 g/mol. The molecule has 0 heterocycles. The van der Waals surface area contributed by atoms with Crippen molar-refractivity contribution in [2.75, 3.05) is 6.61 Å². The average molecular weight is 265 g/mol. The maximum absolute atomic E-state index is 11.4. The molecule has 5 heteroatoms. The molecule has 5 nitrogen and oxygen atoms in total. The number of nitrogens with zero attached hydrogens (tertiary/aromatic N) is 1. The third kappa shape index (κ3) is 8.68. The Bertz CT molecular complexity index is 378. The lowest BCUT2D eigenvalue weighted by Gasteiger charge is -2.11. The van der Waals surface area contributed by atoms with Crippen LogP contribution in [0, 0.1) is 29.6 Å². The zero-order valence-electron chi connectivity index (χ0n) is 11.3. The Morgan fingerprint density at radius 2 is 2.05 bits per heavy atom. The van der Waals surface area contributed by atoms with Gasteiger partial charge >= 0.3 is 11.9 Å². The van der Waals surface area contributed by atoms with Gasteiger partial charge < -0.3 is 9.47 Å². The highest BCUT2D eigenvalue weighted by atomic mass is 16.5. The number of nitriles is 1. The predicted molar refractivity (Wildman–Crippen MR) is 68.6 cm³/mol. The Morgan fingerprint density at radius 1 is 1.37 bits per heavy atom. The lowest BCUT2D eigenvalue weighted by atomic mass is 10.0. The fourth-order valence-corrected chi connectivity index (χ4v) is 1.30. The van der Waals surface area contributed by atoms with Gasteiger partial charge in [0.05, 0.1) is 18.4 Å². The summed E-state index contributed by atoms with van der Waals surface area (Å²) in [6, 6.07) is 1.89. The summed E-state index contributed by atoms with van der Waals surface area (Å²) < 4.78 is 9.77. The van der Waals surface area contributed by atoms with Crippen molar-refractivity contribution in [1.29, 1.82) is 5.26 Å². The molecule has 0 rings (SSSR count). The number of terminal acetylenes is 1. The molecular formula is C14H19NO4. The van der Waals surface area contributed by atoms with Gasteiger partial charge in [0, 0.05) is 6.42 Å². The van der Waals surface area contributed by atoms with Gasteiger partial charge in [-0.1, -0.05) is 12.8 Å². The van der Waals surface area contributed by atoms with E-state index in [2.05, 4.69) is 5.92 Å². The smallest absolute Gasteiger partial charge is 0.308 e. The Morgan fingerprint density at radius 3 is 2.63 bits per heavy atom. The topological polar surface area (TPSA) is 76.4 Å². The average Bonchev–Trinajstić information content (AvgIpc) is 2.38. The Kier molecular flexibility index (Phi) is 8.91. The van der Waals surface area contributed by atoms with E-state index >= 15 is 0 Å². The van der Waals surface area contributed by atoms with Gasteiger partial charge in [0.25, 0.3) is 0 Å². The number of rotatable bonds is 8. The van der Waals surface area contributed by atoms with Crippen molar-refractivity contribution < 1.29 is 19.1 Å². The summed E-state index contributed by atoms with van der Waals surface area (Å²) in [7, 11) is 0. The number of ether oxygens (including phenoxy) is 2. The highest BCUT2D eigenvalue weighted by Gasteiger charge is 2.15. The number of carbonyl (C=O) groups is 2. The molecule has 104 valence electrons. The van der Waals surface area contributed by atoms with E-state index in [0.29, 0.717) is 12.8 Å². The molecule has 0 aromatic carbocycles. The normalized spacial score (nSPS) is 12.6. The van der Waals surface area contributed by atoms with Gasteiger partial charge in [-0.15, -0.1) is 6.42 Å². The molecular weight excluding hydrogens is 246 g/mol. The van der Waals surface area contributed by atoms with E-state index in [4.69, 9.17) is 21.2 Å². The van der Waals surface area contributed by atoms with Gasteiger partial charge in [0.1, 0.15) is 6.61 Å². The van der Waals surface area contributed by atoms with Crippen LogP contribution in [0.15, 0.2) is 0 Å². The van der Waals surface area contributed by atoms with Crippen molar-refractivity contribution in [1.82, 2.24) is 0 Å². The molecule has 0 amide bonds. The maximum atomic E-state index is 11.4. The highest BCUT2D eigenvalue weighted by molar-refractivity contribution is 5.72. The van der Waals surface area contributed by atoms with Crippen LogP contribution in [0.3, 0.4) is 0 Å². The third-order valence-corrected chi connectivity index (χ3v) is 2.42. The summed E-state index contributed by atoms with van der Waals surface area (Å²) in [5.74, 6) is 1.29. The standard InChI is InChI=1S/C14H19NO4/c1-4-12(3)19-13(16)8-5-7-11(2)14(17)18-10-6-9-15/h1,11-12H,5-8,10H2,2-3H3. The first-order valence-corrected chi connectivity index (χ1v) is 6.20. The minimum Gasteiger partial charge on any atom is -0.464 e. The molecule has 0 saturated carbocycles. The van der Waals surface area contributed by atoms with Gasteiger partial charge in [-0.3, -0.25) is 9.59 Å². The van der Waals surface area contributed by atoms with Crippen LogP contribution in [0.25, 0.3) is 0 Å². The van der Waals surface area contributed by atoms with Crippen LogP contribution in [0.5, 0.6) is 0 Å². The van der Waals surface area contributed by atoms with Crippen LogP contribution in [0.2, 0.25) is 0 Å². The lowest BCUT2D eigenvalue weighted by molar-refractivity contribution is -0.149. The molecule has 0 fully saturated rings. The van der Waals surface area contributed by atoms with Gasteiger partial charge in [0.15, 0.2) is 6.10 Å². The van der Waals surface area contributed by atoms with Crippen molar-refractivity contribution in [2.24, 2.45) is 5.92 Å². The second-order valence-corrected chi connectivity index (χ2v) is 4.17. The Labute approximate surface area is 113 Å². The minimum atomic E-state index is -0.527. The van der Waals surface area contributed by atoms with Gasteiger partial charge in [-0.2, -0.15) is 5.26 Å². The SMILES string of the molecule is C#CC(C)OC(=O)CCCC(C)C(=O)OCCC#N. The van der Waals surface area contributed by atoms with Crippen LogP contribution in [0.1, 0.15) is 39.5 Å². The molecule has 2 atom stereocenters. The Hall–Kier alpha value is -2.01. The quantitative estimate of drug-likeness (QED) is 0.380. The molecule has 2 unspecified atom stereocenters. The van der Waals surface area contributed by atoms with Crippen LogP contribution in [0.4, 0.5) is 0 Å². The van der Waals surface area contributed by atoms with E-state index in [-0.39, 0.29) is 37.3 Å². The summed E-state index contributed by atoms with van der Waals surface area (Å²) >= 11 is 0. The summed E-state index contributed by atoms with van der Waals surface area (Å²) in [6.45, 7) is 3.46. The zero-order valence-corrected chi connectivity index (χ0v) is 11.3. The largest absolute Gasteiger partial charge is 0.464 e. The molecule has 0 saturated heterocycles. The maximum Gasteiger partial charge on any atom is 0.308 e. The van der Waals surface area contributed by atoms with Gasteiger partial charge in [-0.25, -0.2) is 0 Å². The van der Waals surface area contributed by atoms with Gasteiger partial charge in [0.2, 0.25) is 0 Å². The van der Waals surface area contributed by atoms with Crippen molar-refractivity contribution in [3.63, 3.8) is 0 Å². The molecule has 0 aromatic heterocycles. The minimum absolute atomic E-state index is 0.112. The second kappa shape index (κ2) is 9.96. The van der Waals surface area contributed by atoms with Crippen LogP contribution in [-0.4, -0.2) is 24.6 Å². The first-order valence-electron chi connectivity index (χ1n) is 6.20. The molecule has 0 aromatic rings. The van der Waals surface area contributed by atoms with Gasteiger partial charge in [-0.05, 0) is 19.8 Å². The van der Waals surface area contributed by atoms with Crippen molar-refractivity contribution >= 4 is 11.9 Å². The van der Waals surface area contributed by atoms with E-state index in [1.54, 1.807) is 13.8 Å². The number of carbonyl (C=O) groups excluding carboxylic acids is 2. The van der Waals surface area contributed by atoms with Crippen LogP contribution >= 0.6 is 0 Å². The highest BCUT2D eigenvalue weighted by Crippen LogP contribution is 2.11. The summed E-state index contributed by atoms with van der Waals surface area (Å²) in [5, 5.41) is 8.31. The molecule has 0 spiro atoms. The summed E-state index contributed by atoms with van der Waals surface area (Å²) in [4.78, 5) is 22.7. The third-order valence-electron chi connectivity index (χ3n) is 2.42. The van der Waals surface area contributed by atoms with E-state index in [1.165, 1.54) is 0 Å². The number of esters is 2. The molecule has 0 aliphatic carbocycles. The summed E-state index contributed by atoms with van der Waals surface area (Å²) in [5.41, 5.74) is 0. The molecule has 19 heavy (non-hydrogen) atoms. The van der Waals surface area contributed by atoms with Crippen LogP contribution < -0.4 is 0 Å². The zero-order chi connectivity index (χ0) is 14.7. The number of hydrogen-bond acceptors (Lipinski definition) is 5. The first-order chi connectivity index (χ1) is 9.01. The number of hydrogen-bond donors (Lipinski definition) is 0. The first kappa shape index (κ1) is 17.0.